The van der Waals surface area contributed by atoms with E-state index in [1.165, 1.54) is 34.4 Å². The highest BCUT2D eigenvalue weighted by Crippen LogP contribution is 2.13. The average Bonchev–Trinajstić information content (AvgIpc) is 3.07. The first-order valence-electron chi connectivity index (χ1n) is 7.34. The molecule has 0 unspecified atom stereocenters. The molecule has 2 aromatic rings. The third-order valence-corrected chi connectivity index (χ3v) is 3.87. The van der Waals surface area contributed by atoms with Gasteiger partial charge in [-0.25, -0.2) is 9.37 Å². The van der Waals surface area contributed by atoms with Crippen LogP contribution >= 0.6 is 11.3 Å². The van der Waals surface area contributed by atoms with Crippen LogP contribution in [0.4, 0.5) is 9.52 Å². The number of amides is 2. The molecule has 8 heteroatoms. The van der Waals surface area contributed by atoms with Crippen LogP contribution in [0.2, 0.25) is 0 Å². The number of benzene rings is 1. The molecule has 1 heterocycles. The SMILES string of the molecule is COCCCN(CC(=O)Nc1nccs1)C(=O)c1ccccc1F. The Hall–Kier alpha value is -2.32. The predicted octanol–water partition coefficient (Wildman–Crippen LogP) is 2.40. The molecule has 6 nitrogen and oxygen atoms in total. The van der Waals surface area contributed by atoms with Crippen molar-refractivity contribution in [3.63, 3.8) is 0 Å². The smallest absolute Gasteiger partial charge is 0.257 e. The fourth-order valence-electron chi connectivity index (χ4n) is 2.07. The molecule has 0 spiro atoms. The molecule has 24 heavy (non-hydrogen) atoms. The summed E-state index contributed by atoms with van der Waals surface area (Å²) in [5.41, 5.74) is -0.0584. The molecule has 128 valence electrons. The molecule has 1 N–H and O–H groups in total. The molecule has 1 aromatic carbocycles. The average molecular weight is 351 g/mol. The van der Waals surface area contributed by atoms with Crippen LogP contribution < -0.4 is 5.32 Å². The summed E-state index contributed by atoms with van der Waals surface area (Å²) in [5.74, 6) is -1.52. The fourth-order valence-corrected chi connectivity index (χ4v) is 2.62. The Morgan fingerprint density at radius 2 is 2.17 bits per heavy atom. The van der Waals surface area contributed by atoms with Gasteiger partial charge in [0, 0.05) is 31.8 Å². The Morgan fingerprint density at radius 1 is 1.38 bits per heavy atom. The molecule has 0 aliphatic heterocycles. The summed E-state index contributed by atoms with van der Waals surface area (Å²) >= 11 is 1.28. The number of hydrogen-bond acceptors (Lipinski definition) is 5. The van der Waals surface area contributed by atoms with E-state index in [1.54, 1.807) is 24.8 Å². The second-order valence-electron chi connectivity index (χ2n) is 4.94. The van der Waals surface area contributed by atoms with Crippen LogP contribution in [-0.4, -0.2) is 48.5 Å². The number of ether oxygens (including phenoxy) is 1. The van der Waals surface area contributed by atoms with E-state index in [9.17, 15) is 14.0 Å². The van der Waals surface area contributed by atoms with Gasteiger partial charge in [-0.3, -0.25) is 9.59 Å². The van der Waals surface area contributed by atoms with Gasteiger partial charge in [0.1, 0.15) is 12.4 Å². The number of halogens is 1. The zero-order chi connectivity index (χ0) is 17.4. The van der Waals surface area contributed by atoms with E-state index in [0.29, 0.717) is 18.2 Å². The van der Waals surface area contributed by atoms with Gasteiger partial charge in [0.05, 0.1) is 5.56 Å². The second-order valence-corrected chi connectivity index (χ2v) is 5.83. The van der Waals surface area contributed by atoms with Crippen molar-refractivity contribution >= 4 is 28.3 Å². The monoisotopic (exact) mass is 351 g/mol. The minimum absolute atomic E-state index is 0.0584. The Kier molecular flexibility index (Phi) is 6.83. The molecule has 0 atom stereocenters. The minimum atomic E-state index is -0.612. The zero-order valence-electron chi connectivity index (χ0n) is 13.2. The van der Waals surface area contributed by atoms with Crippen LogP contribution in [-0.2, 0) is 9.53 Å². The Bertz CT molecular complexity index is 679. The van der Waals surface area contributed by atoms with Crippen LogP contribution in [0, 0.1) is 5.82 Å². The molecule has 0 aliphatic rings. The van der Waals surface area contributed by atoms with Gasteiger partial charge < -0.3 is 15.0 Å². The first kappa shape index (κ1) is 18.0. The number of anilines is 1. The lowest BCUT2D eigenvalue weighted by Crippen LogP contribution is -2.39. The lowest BCUT2D eigenvalue weighted by molar-refractivity contribution is -0.116. The number of nitrogens with zero attached hydrogens (tertiary/aromatic N) is 2. The Morgan fingerprint density at radius 3 is 2.83 bits per heavy atom. The Balaban J connectivity index is 2.07. The summed E-state index contributed by atoms with van der Waals surface area (Å²) < 4.78 is 18.8. The van der Waals surface area contributed by atoms with Gasteiger partial charge in [0.2, 0.25) is 5.91 Å². The molecule has 0 saturated heterocycles. The lowest BCUT2D eigenvalue weighted by Gasteiger charge is -2.22. The fraction of sp³-hybridized carbons (Fsp3) is 0.312. The van der Waals surface area contributed by atoms with Crippen LogP contribution in [0.25, 0.3) is 0 Å². The van der Waals surface area contributed by atoms with Gasteiger partial charge in [0.25, 0.3) is 5.91 Å². The van der Waals surface area contributed by atoms with Crippen molar-refractivity contribution in [1.82, 2.24) is 9.88 Å². The minimum Gasteiger partial charge on any atom is -0.385 e. The van der Waals surface area contributed by atoms with Gasteiger partial charge in [-0.05, 0) is 18.6 Å². The van der Waals surface area contributed by atoms with Crippen LogP contribution in [0.5, 0.6) is 0 Å². The zero-order valence-corrected chi connectivity index (χ0v) is 14.0. The maximum absolute atomic E-state index is 13.9. The summed E-state index contributed by atoms with van der Waals surface area (Å²) in [5, 5.41) is 4.80. The topological polar surface area (TPSA) is 71.5 Å². The van der Waals surface area contributed by atoms with Crippen LogP contribution in [0.3, 0.4) is 0 Å². The number of carbonyl (C=O) groups excluding carboxylic acids is 2. The molecule has 0 radical (unpaired) electrons. The number of aromatic nitrogens is 1. The van der Waals surface area contributed by atoms with Gasteiger partial charge in [-0.15, -0.1) is 11.3 Å². The number of rotatable bonds is 8. The van der Waals surface area contributed by atoms with Gasteiger partial charge in [-0.1, -0.05) is 12.1 Å². The van der Waals surface area contributed by atoms with E-state index in [1.807, 2.05) is 0 Å². The number of hydrogen-bond donors (Lipinski definition) is 1. The molecule has 1 aromatic heterocycles. The van der Waals surface area contributed by atoms with Crippen molar-refractivity contribution < 1.29 is 18.7 Å². The van der Waals surface area contributed by atoms with E-state index in [0.717, 1.165) is 0 Å². The van der Waals surface area contributed by atoms with Gasteiger partial charge in [0.15, 0.2) is 5.13 Å². The Labute approximate surface area is 143 Å². The summed E-state index contributed by atoms with van der Waals surface area (Å²) in [6.07, 6.45) is 2.11. The van der Waals surface area contributed by atoms with Gasteiger partial charge >= 0.3 is 0 Å². The first-order chi connectivity index (χ1) is 11.6. The van der Waals surface area contributed by atoms with Crippen LogP contribution in [0.15, 0.2) is 35.8 Å². The van der Waals surface area contributed by atoms with Crippen molar-refractivity contribution in [3.05, 3.63) is 47.2 Å². The largest absolute Gasteiger partial charge is 0.385 e. The standard InChI is InChI=1S/C16H18FN3O3S/c1-23-9-4-8-20(11-14(21)19-16-18-7-10-24-16)15(22)12-5-2-3-6-13(12)17/h2-3,5-7,10H,4,8-9,11H2,1H3,(H,18,19,21). The summed E-state index contributed by atoms with van der Waals surface area (Å²) in [4.78, 5) is 29.9. The highest BCUT2D eigenvalue weighted by atomic mass is 32.1. The van der Waals surface area contributed by atoms with Crippen molar-refractivity contribution in [1.29, 1.82) is 0 Å². The van der Waals surface area contributed by atoms with E-state index in [4.69, 9.17) is 4.74 Å². The first-order valence-corrected chi connectivity index (χ1v) is 8.22. The highest BCUT2D eigenvalue weighted by molar-refractivity contribution is 7.13. The van der Waals surface area contributed by atoms with Gasteiger partial charge in [-0.2, -0.15) is 0 Å². The molecule has 0 fully saturated rings. The number of methoxy groups -OCH3 is 1. The quantitative estimate of drug-likeness (QED) is 0.742. The molecule has 0 bridgehead atoms. The number of thiazole rings is 1. The molecule has 2 amide bonds. The van der Waals surface area contributed by atoms with E-state index in [2.05, 4.69) is 10.3 Å². The van der Waals surface area contributed by atoms with E-state index < -0.39 is 11.7 Å². The second kappa shape index (κ2) is 9.09. The number of nitrogens with one attached hydrogen (secondary N) is 1. The summed E-state index contributed by atoms with van der Waals surface area (Å²) in [7, 11) is 1.55. The summed E-state index contributed by atoms with van der Waals surface area (Å²) in [6, 6.07) is 5.71. The van der Waals surface area contributed by atoms with Crippen LogP contribution in [0.1, 0.15) is 16.8 Å². The van der Waals surface area contributed by atoms with Crippen molar-refractivity contribution in [2.75, 3.05) is 32.1 Å². The molecular weight excluding hydrogens is 333 g/mol. The predicted molar refractivity (Wildman–Crippen MR) is 89.5 cm³/mol. The van der Waals surface area contributed by atoms with Crippen molar-refractivity contribution in [2.45, 2.75) is 6.42 Å². The third-order valence-electron chi connectivity index (χ3n) is 3.18. The molecule has 2 rings (SSSR count). The van der Waals surface area contributed by atoms with E-state index >= 15 is 0 Å². The lowest BCUT2D eigenvalue weighted by atomic mass is 10.1. The highest BCUT2D eigenvalue weighted by Gasteiger charge is 2.21. The normalized spacial score (nSPS) is 10.4. The third kappa shape index (κ3) is 5.10. The maximum atomic E-state index is 13.9. The molecule has 0 saturated carbocycles. The maximum Gasteiger partial charge on any atom is 0.257 e. The summed E-state index contributed by atoms with van der Waals surface area (Å²) in [6.45, 7) is 0.540. The van der Waals surface area contributed by atoms with Crippen molar-refractivity contribution in [3.8, 4) is 0 Å². The molecular formula is C16H18FN3O3S. The van der Waals surface area contributed by atoms with Crippen molar-refractivity contribution in [2.24, 2.45) is 0 Å². The van der Waals surface area contributed by atoms with E-state index in [-0.39, 0.29) is 24.6 Å². The number of carbonyl (C=O) groups is 2. The molecule has 0 aliphatic carbocycles.